The third kappa shape index (κ3) is 5.77. The number of sulfone groups is 1. The van der Waals surface area contributed by atoms with Crippen LogP contribution in [-0.4, -0.2) is 25.7 Å². The maximum Gasteiger partial charge on any atom is 0.161 e. The fourth-order valence-electron chi connectivity index (χ4n) is 1.67. The molecule has 1 aromatic carbocycles. The van der Waals surface area contributed by atoms with Crippen LogP contribution in [0.5, 0.6) is 0 Å². The lowest BCUT2D eigenvalue weighted by atomic mass is 10.1. The first kappa shape index (κ1) is 14.6. The second-order valence-electron chi connectivity index (χ2n) is 4.47. The zero-order chi connectivity index (χ0) is 13.6. The van der Waals surface area contributed by atoms with Gasteiger partial charge in [0.1, 0.15) is 11.5 Å². The molecule has 0 fully saturated rings. The van der Waals surface area contributed by atoms with Crippen molar-refractivity contribution in [2.24, 2.45) is 0 Å². The molecule has 18 heavy (non-hydrogen) atoms. The summed E-state index contributed by atoms with van der Waals surface area (Å²) >= 11 is 0. The van der Waals surface area contributed by atoms with E-state index in [0.717, 1.165) is 11.1 Å². The van der Waals surface area contributed by atoms with E-state index in [1.165, 1.54) is 6.92 Å². The molecule has 0 heterocycles. The van der Waals surface area contributed by atoms with E-state index < -0.39 is 9.84 Å². The Kier molecular flexibility index (Phi) is 5.28. The molecule has 0 aliphatic carbocycles. The third-order valence-electron chi connectivity index (χ3n) is 2.40. The first-order valence-electron chi connectivity index (χ1n) is 5.78. The van der Waals surface area contributed by atoms with Crippen LogP contribution in [0.25, 0.3) is 0 Å². The van der Waals surface area contributed by atoms with Gasteiger partial charge < -0.3 is 0 Å². The normalized spacial score (nSPS) is 12.4. The maximum absolute atomic E-state index is 11.6. The highest BCUT2D eigenvalue weighted by Crippen LogP contribution is 2.06. The van der Waals surface area contributed by atoms with E-state index in [4.69, 9.17) is 0 Å². The summed E-state index contributed by atoms with van der Waals surface area (Å²) in [5, 5.41) is 0. The highest BCUT2D eigenvalue weighted by atomic mass is 32.2. The molecule has 0 amide bonds. The molecule has 0 saturated carbocycles. The predicted octanol–water partition coefficient (Wildman–Crippen LogP) is 2.18. The minimum atomic E-state index is -3.30. The second-order valence-corrected chi connectivity index (χ2v) is 6.54. The number of allylic oxidation sites excluding steroid dienone is 1. The van der Waals surface area contributed by atoms with Crippen molar-refractivity contribution in [3.05, 3.63) is 47.5 Å². The Morgan fingerprint density at radius 3 is 2.28 bits per heavy atom. The Labute approximate surface area is 108 Å². The first-order valence-corrected chi connectivity index (χ1v) is 7.60. The average molecular weight is 266 g/mol. The lowest BCUT2D eigenvalue weighted by molar-refractivity contribution is -0.114. The van der Waals surface area contributed by atoms with Crippen LogP contribution in [0, 0.1) is 0 Å². The van der Waals surface area contributed by atoms with Gasteiger partial charge in [0, 0.05) is 0 Å². The summed E-state index contributed by atoms with van der Waals surface area (Å²) < 4.78 is 23.2. The highest BCUT2D eigenvalue weighted by molar-refractivity contribution is 7.92. The van der Waals surface area contributed by atoms with Crippen LogP contribution >= 0.6 is 0 Å². The minimum absolute atomic E-state index is 0.0422. The van der Waals surface area contributed by atoms with Gasteiger partial charge in [-0.05, 0) is 25.8 Å². The summed E-state index contributed by atoms with van der Waals surface area (Å²) in [6, 6.07) is 9.83. The Morgan fingerprint density at radius 2 is 1.72 bits per heavy atom. The maximum atomic E-state index is 11.6. The number of rotatable bonds is 6. The fraction of sp³-hybridized carbons (Fsp3) is 0.357. The van der Waals surface area contributed by atoms with E-state index in [2.05, 4.69) is 0 Å². The summed E-state index contributed by atoms with van der Waals surface area (Å²) in [7, 11) is -3.30. The van der Waals surface area contributed by atoms with Crippen LogP contribution in [0.4, 0.5) is 0 Å². The number of carbonyl (C=O) groups is 1. The van der Waals surface area contributed by atoms with Gasteiger partial charge in [-0.1, -0.05) is 42.0 Å². The topological polar surface area (TPSA) is 51.2 Å². The van der Waals surface area contributed by atoms with Crippen molar-refractivity contribution < 1.29 is 13.2 Å². The van der Waals surface area contributed by atoms with Gasteiger partial charge in [-0.25, -0.2) is 8.42 Å². The van der Waals surface area contributed by atoms with Crippen LogP contribution < -0.4 is 0 Å². The summed E-state index contributed by atoms with van der Waals surface area (Å²) in [6.07, 6.45) is 2.61. The number of Topliss-reactive ketones (excluding diaryl/α,β-unsaturated/α-hetero) is 1. The molecule has 0 N–H and O–H groups in total. The molecule has 0 bridgehead atoms. The largest absolute Gasteiger partial charge is 0.299 e. The molecule has 3 nitrogen and oxygen atoms in total. The smallest absolute Gasteiger partial charge is 0.161 e. The Balaban J connectivity index is 2.60. The first-order chi connectivity index (χ1) is 8.39. The van der Waals surface area contributed by atoms with Crippen LogP contribution in [0.1, 0.15) is 19.4 Å². The second kappa shape index (κ2) is 6.50. The molecule has 0 spiro atoms. The molecular formula is C14H18O3S. The zero-order valence-electron chi connectivity index (χ0n) is 10.7. The van der Waals surface area contributed by atoms with E-state index in [9.17, 15) is 13.2 Å². The summed E-state index contributed by atoms with van der Waals surface area (Å²) in [4.78, 5) is 10.8. The van der Waals surface area contributed by atoms with Gasteiger partial charge in [-0.2, -0.15) is 0 Å². The fourth-order valence-corrected chi connectivity index (χ4v) is 3.21. The van der Waals surface area contributed by atoms with Gasteiger partial charge in [0.25, 0.3) is 0 Å². The van der Waals surface area contributed by atoms with E-state index in [-0.39, 0.29) is 17.3 Å². The summed E-state index contributed by atoms with van der Waals surface area (Å²) in [5.74, 6) is -0.728. The quantitative estimate of drug-likeness (QED) is 0.742. The number of benzene rings is 1. The molecule has 0 atom stereocenters. The van der Waals surface area contributed by atoms with E-state index in [1.54, 1.807) is 6.92 Å². The van der Waals surface area contributed by atoms with Gasteiger partial charge in [0.15, 0.2) is 9.84 Å². The summed E-state index contributed by atoms with van der Waals surface area (Å²) in [6.45, 7) is 3.07. The highest BCUT2D eigenvalue weighted by Gasteiger charge is 2.13. The molecular weight excluding hydrogens is 248 g/mol. The van der Waals surface area contributed by atoms with Gasteiger partial charge in [0.05, 0.1) is 5.75 Å². The number of hydrogen-bond donors (Lipinski definition) is 0. The van der Waals surface area contributed by atoms with Crippen LogP contribution in [0.15, 0.2) is 42.0 Å². The Hall–Kier alpha value is -1.42. The summed E-state index contributed by atoms with van der Waals surface area (Å²) in [5.41, 5.74) is 1.92. The SMILES string of the molecule is CC(=O)CS(=O)(=O)C/C(C)=C\Cc1ccccc1. The van der Waals surface area contributed by atoms with Crippen LogP contribution in [0.2, 0.25) is 0 Å². The van der Waals surface area contributed by atoms with Crippen LogP contribution in [0.3, 0.4) is 0 Å². The van der Waals surface area contributed by atoms with Crippen molar-refractivity contribution in [1.82, 2.24) is 0 Å². The molecule has 0 aliphatic rings. The standard InChI is InChI=1S/C14H18O3S/c1-12(10-18(16,17)11-13(2)15)8-9-14-6-4-3-5-7-14/h3-8H,9-11H2,1-2H3/b12-8-. The van der Waals surface area contributed by atoms with Crippen molar-refractivity contribution >= 4 is 15.6 Å². The van der Waals surface area contributed by atoms with Crippen molar-refractivity contribution in [3.8, 4) is 0 Å². The number of hydrogen-bond acceptors (Lipinski definition) is 3. The molecule has 0 saturated heterocycles. The minimum Gasteiger partial charge on any atom is -0.299 e. The molecule has 1 rings (SSSR count). The van der Waals surface area contributed by atoms with Crippen molar-refractivity contribution in [2.75, 3.05) is 11.5 Å². The van der Waals surface area contributed by atoms with E-state index in [0.29, 0.717) is 6.42 Å². The van der Waals surface area contributed by atoms with Crippen molar-refractivity contribution in [3.63, 3.8) is 0 Å². The molecule has 0 aliphatic heterocycles. The molecule has 0 radical (unpaired) electrons. The molecule has 0 aromatic heterocycles. The van der Waals surface area contributed by atoms with Crippen molar-refractivity contribution in [2.45, 2.75) is 20.3 Å². The van der Waals surface area contributed by atoms with Crippen molar-refractivity contribution in [1.29, 1.82) is 0 Å². The predicted molar refractivity (Wildman–Crippen MR) is 73.2 cm³/mol. The number of carbonyl (C=O) groups excluding carboxylic acids is 1. The average Bonchev–Trinajstić information content (AvgIpc) is 2.25. The molecule has 4 heteroatoms. The lowest BCUT2D eigenvalue weighted by Crippen LogP contribution is -2.17. The van der Waals surface area contributed by atoms with Crippen LogP contribution in [-0.2, 0) is 21.1 Å². The molecule has 1 aromatic rings. The third-order valence-corrected chi connectivity index (χ3v) is 4.14. The Morgan fingerprint density at radius 1 is 1.11 bits per heavy atom. The van der Waals surface area contributed by atoms with Gasteiger partial charge >= 0.3 is 0 Å². The monoisotopic (exact) mass is 266 g/mol. The number of ketones is 1. The van der Waals surface area contributed by atoms with Gasteiger partial charge in [-0.15, -0.1) is 0 Å². The lowest BCUT2D eigenvalue weighted by Gasteiger charge is -2.03. The van der Waals surface area contributed by atoms with Gasteiger partial charge in [0.2, 0.25) is 0 Å². The molecule has 0 unspecified atom stereocenters. The van der Waals surface area contributed by atoms with E-state index >= 15 is 0 Å². The van der Waals surface area contributed by atoms with Gasteiger partial charge in [-0.3, -0.25) is 4.79 Å². The molecule has 98 valence electrons. The Bertz CT molecular complexity index is 527. The zero-order valence-corrected chi connectivity index (χ0v) is 11.5. The van der Waals surface area contributed by atoms with E-state index in [1.807, 2.05) is 36.4 Å².